The molecule has 0 aliphatic carbocycles. The lowest BCUT2D eigenvalue weighted by Crippen LogP contribution is -2.28. The second-order valence-electron chi connectivity index (χ2n) is 3.41. The highest BCUT2D eigenvalue weighted by molar-refractivity contribution is 5.69. The normalized spacial score (nSPS) is 28.9. The number of hydrogen-bond donors (Lipinski definition) is 0. The largest absolute Gasteiger partial charge is 0.343 e. The predicted molar refractivity (Wildman–Crippen MR) is 37.7 cm³/mol. The van der Waals surface area contributed by atoms with Gasteiger partial charge in [0.2, 0.25) is 0 Å². The van der Waals surface area contributed by atoms with Crippen LogP contribution in [0.4, 0.5) is 0 Å². The molecule has 0 aromatic rings. The SMILES string of the molecule is CC1(C)C=NC(C)(C)O1. The summed E-state index contributed by atoms with van der Waals surface area (Å²) in [6.45, 7) is 7.92. The van der Waals surface area contributed by atoms with Gasteiger partial charge in [-0.05, 0) is 27.7 Å². The number of nitrogens with zero attached hydrogens (tertiary/aromatic N) is 1. The summed E-state index contributed by atoms with van der Waals surface area (Å²) in [4.78, 5) is 4.17. The Morgan fingerprint density at radius 2 is 1.78 bits per heavy atom. The summed E-state index contributed by atoms with van der Waals surface area (Å²) >= 11 is 0. The zero-order valence-corrected chi connectivity index (χ0v) is 6.43. The summed E-state index contributed by atoms with van der Waals surface area (Å²) < 4.78 is 5.51. The Hall–Kier alpha value is -0.370. The smallest absolute Gasteiger partial charge is 0.154 e. The van der Waals surface area contributed by atoms with E-state index in [1.807, 2.05) is 33.9 Å². The molecule has 0 aromatic carbocycles. The van der Waals surface area contributed by atoms with Crippen LogP contribution in [0.15, 0.2) is 4.99 Å². The topological polar surface area (TPSA) is 21.6 Å². The molecule has 52 valence electrons. The minimum Gasteiger partial charge on any atom is -0.343 e. The van der Waals surface area contributed by atoms with Crippen molar-refractivity contribution in [2.24, 2.45) is 4.99 Å². The third-order valence-corrected chi connectivity index (χ3v) is 1.20. The van der Waals surface area contributed by atoms with E-state index in [9.17, 15) is 0 Å². The van der Waals surface area contributed by atoms with Crippen LogP contribution in [0.1, 0.15) is 27.7 Å². The molecule has 0 fully saturated rings. The van der Waals surface area contributed by atoms with Crippen molar-refractivity contribution in [3.8, 4) is 0 Å². The predicted octanol–water partition coefficient (Wildman–Crippen LogP) is 1.60. The molecule has 0 unspecified atom stereocenters. The molecule has 0 radical (unpaired) electrons. The molecule has 0 spiro atoms. The van der Waals surface area contributed by atoms with Crippen molar-refractivity contribution >= 4 is 6.21 Å². The third kappa shape index (κ3) is 1.52. The van der Waals surface area contributed by atoms with Crippen molar-refractivity contribution in [2.45, 2.75) is 39.0 Å². The van der Waals surface area contributed by atoms with Crippen LogP contribution in [0.2, 0.25) is 0 Å². The number of rotatable bonds is 0. The molecule has 1 aliphatic heterocycles. The van der Waals surface area contributed by atoms with Crippen molar-refractivity contribution in [2.75, 3.05) is 0 Å². The summed E-state index contributed by atoms with van der Waals surface area (Å²) in [7, 11) is 0. The Morgan fingerprint density at radius 1 is 1.22 bits per heavy atom. The quantitative estimate of drug-likeness (QED) is 0.484. The monoisotopic (exact) mass is 127 g/mol. The molecule has 2 heteroatoms. The van der Waals surface area contributed by atoms with Gasteiger partial charge in [0, 0.05) is 6.21 Å². The van der Waals surface area contributed by atoms with Crippen molar-refractivity contribution in [1.82, 2.24) is 0 Å². The minimum atomic E-state index is -0.302. The zero-order valence-electron chi connectivity index (χ0n) is 6.43. The van der Waals surface area contributed by atoms with Gasteiger partial charge in [-0.3, -0.25) is 4.99 Å². The lowest BCUT2D eigenvalue weighted by molar-refractivity contribution is -0.0574. The van der Waals surface area contributed by atoms with Crippen LogP contribution in [-0.4, -0.2) is 17.5 Å². The van der Waals surface area contributed by atoms with E-state index < -0.39 is 0 Å². The van der Waals surface area contributed by atoms with Crippen LogP contribution in [0, 0.1) is 0 Å². The van der Waals surface area contributed by atoms with Crippen LogP contribution in [0.3, 0.4) is 0 Å². The molecular weight excluding hydrogens is 114 g/mol. The number of ether oxygens (including phenoxy) is 1. The Labute approximate surface area is 55.9 Å². The van der Waals surface area contributed by atoms with Crippen molar-refractivity contribution in [1.29, 1.82) is 0 Å². The highest BCUT2D eigenvalue weighted by atomic mass is 16.5. The van der Waals surface area contributed by atoms with Crippen LogP contribution in [0.5, 0.6) is 0 Å². The molecule has 1 rings (SSSR count). The first-order chi connectivity index (χ1) is 3.91. The summed E-state index contributed by atoms with van der Waals surface area (Å²) in [5.74, 6) is 0. The summed E-state index contributed by atoms with van der Waals surface area (Å²) in [6.07, 6.45) is 1.85. The van der Waals surface area contributed by atoms with E-state index in [0.717, 1.165) is 0 Å². The highest BCUT2D eigenvalue weighted by Crippen LogP contribution is 2.25. The maximum Gasteiger partial charge on any atom is 0.154 e. The molecule has 1 aliphatic rings. The summed E-state index contributed by atoms with van der Waals surface area (Å²) in [6, 6.07) is 0. The van der Waals surface area contributed by atoms with E-state index in [2.05, 4.69) is 4.99 Å². The third-order valence-electron chi connectivity index (χ3n) is 1.20. The fourth-order valence-electron chi connectivity index (χ4n) is 1.01. The van der Waals surface area contributed by atoms with Crippen LogP contribution >= 0.6 is 0 Å². The molecule has 2 nitrogen and oxygen atoms in total. The average Bonchev–Trinajstić information content (AvgIpc) is 1.78. The second kappa shape index (κ2) is 1.57. The molecule has 1 heterocycles. The standard InChI is InChI=1S/C7H13NO/c1-6(2)5-8-7(3,4)9-6/h5H,1-4H3. The van der Waals surface area contributed by atoms with Gasteiger partial charge in [0.05, 0.1) is 0 Å². The van der Waals surface area contributed by atoms with Crippen molar-refractivity contribution < 1.29 is 4.74 Å². The van der Waals surface area contributed by atoms with Gasteiger partial charge in [0.1, 0.15) is 5.60 Å². The van der Waals surface area contributed by atoms with Gasteiger partial charge >= 0.3 is 0 Å². The van der Waals surface area contributed by atoms with E-state index in [-0.39, 0.29) is 11.3 Å². The van der Waals surface area contributed by atoms with Crippen LogP contribution in [-0.2, 0) is 4.74 Å². The Bertz CT molecular complexity index is 131. The lowest BCUT2D eigenvalue weighted by atomic mass is 10.2. The second-order valence-corrected chi connectivity index (χ2v) is 3.41. The molecule has 0 saturated heterocycles. The number of aliphatic imine (C=N–C) groups is 1. The lowest BCUT2D eigenvalue weighted by Gasteiger charge is -2.21. The first kappa shape index (κ1) is 6.75. The minimum absolute atomic E-state index is 0.163. The molecule has 0 aromatic heterocycles. The first-order valence-electron chi connectivity index (χ1n) is 3.18. The fourth-order valence-corrected chi connectivity index (χ4v) is 1.01. The Balaban J connectivity index is 2.71. The first-order valence-corrected chi connectivity index (χ1v) is 3.18. The molecule has 9 heavy (non-hydrogen) atoms. The fraction of sp³-hybridized carbons (Fsp3) is 0.857. The van der Waals surface area contributed by atoms with Crippen LogP contribution < -0.4 is 0 Å². The van der Waals surface area contributed by atoms with E-state index in [0.29, 0.717) is 0 Å². The van der Waals surface area contributed by atoms with Crippen molar-refractivity contribution in [3.63, 3.8) is 0 Å². The maximum atomic E-state index is 5.51. The Kier molecular flexibility index (Phi) is 1.17. The highest BCUT2D eigenvalue weighted by Gasteiger charge is 2.32. The summed E-state index contributed by atoms with van der Waals surface area (Å²) in [5.41, 5.74) is -0.465. The van der Waals surface area contributed by atoms with Crippen molar-refractivity contribution in [3.05, 3.63) is 0 Å². The van der Waals surface area contributed by atoms with Gasteiger partial charge in [-0.25, -0.2) is 0 Å². The van der Waals surface area contributed by atoms with Gasteiger partial charge in [0.25, 0.3) is 0 Å². The molecule has 0 bridgehead atoms. The van der Waals surface area contributed by atoms with E-state index in [1.54, 1.807) is 0 Å². The number of hydrogen-bond acceptors (Lipinski definition) is 2. The molecule has 0 amide bonds. The maximum absolute atomic E-state index is 5.51. The van der Waals surface area contributed by atoms with Gasteiger partial charge in [-0.1, -0.05) is 0 Å². The van der Waals surface area contributed by atoms with Gasteiger partial charge < -0.3 is 4.74 Å². The molecule has 0 atom stereocenters. The molecule has 0 N–H and O–H groups in total. The van der Waals surface area contributed by atoms with Crippen LogP contribution in [0.25, 0.3) is 0 Å². The molecular formula is C7H13NO. The summed E-state index contributed by atoms with van der Waals surface area (Å²) in [5, 5.41) is 0. The molecule has 0 saturated carbocycles. The van der Waals surface area contributed by atoms with Gasteiger partial charge in [-0.15, -0.1) is 0 Å². The van der Waals surface area contributed by atoms with E-state index >= 15 is 0 Å². The zero-order chi connectivity index (χ0) is 7.12. The van der Waals surface area contributed by atoms with Gasteiger partial charge in [-0.2, -0.15) is 0 Å². The Morgan fingerprint density at radius 3 is 1.89 bits per heavy atom. The van der Waals surface area contributed by atoms with E-state index in [4.69, 9.17) is 4.74 Å². The average molecular weight is 127 g/mol. The van der Waals surface area contributed by atoms with E-state index in [1.165, 1.54) is 0 Å². The van der Waals surface area contributed by atoms with Gasteiger partial charge in [0.15, 0.2) is 5.72 Å².